The van der Waals surface area contributed by atoms with Crippen LogP contribution < -0.4 is 31.1 Å². The van der Waals surface area contributed by atoms with Gasteiger partial charge in [0.05, 0.1) is 11.1 Å². The van der Waals surface area contributed by atoms with Gasteiger partial charge in [0.25, 0.3) is 6.71 Å². The zero-order valence-electron chi connectivity index (χ0n) is 44.8. The maximum absolute atomic E-state index is 2.94. The van der Waals surface area contributed by atoms with Crippen molar-refractivity contribution in [1.82, 2.24) is 0 Å². The summed E-state index contributed by atoms with van der Waals surface area (Å²) < 4.78 is 0. The summed E-state index contributed by atoms with van der Waals surface area (Å²) in [6, 6.07) is 82.4. The van der Waals surface area contributed by atoms with Crippen molar-refractivity contribution in [3.05, 3.63) is 240 Å². The Bertz CT molecular complexity index is 3750. The van der Waals surface area contributed by atoms with E-state index >= 15 is 0 Å². The smallest absolute Gasteiger partial charge is 0.252 e. The average molecular weight is 984 g/mol. The van der Waals surface area contributed by atoms with E-state index in [9.17, 15) is 0 Å². The second kappa shape index (κ2) is 16.5. The molecule has 372 valence electrons. The van der Waals surface area contributed by atoms with Gasteiger partial charge in [0.1, 0.15) is 0 Å². The molecule has 0 aromatic heterocycles. The SMILES string of the molecule is CC(C)(C)c1ccc2c(c1)C1(c3ccccc3)CCCCC1(C)N2c1cc2c3c(c1)N1c4c(cccc4C4(c5ccccc5)CCCCC14C)B3c1cc(-c3ccccc3)ccc1N2c1ccc(-c2ccccc2)cc1. The van der Waals surface area contributed by atoms with Crippen molar-refractivity contribution < 1.29 is 0 Å². The number of hydrogen-bond donors (Lipinski definition) is 0. The minimum Gasteiger partial charge on any atom is -0.335 e. The first-order valence-electron chi connectivity index (χ1n) is 28.4. The monoisotopic (exact) mass is 984 g/mol. The highest BCUT2D eigenvalue weighted by Crippen LogP contribution is 2.67. The number of para-hydroxylation sites is 1. The molecular weight excluding hydrogens is 918 g/mol. The highest BCUT2D eigenvalue weighted by Gasteiger charge is 2.65. The van der Waals surface area contributed by atoms with Gasteiger partial charge in [-0.3, -0.25) is 0 Å². The number of benzene rings is 9. The standard InChI is InChI=1S/C72H66BN3/c1-68(2,3)55-36-40-62-59(46-55)72(54-29-16-9-17-30-54)44-21-18-41-69(72,4)75(62)57-47-64-66-65(48-57)76-67-58(71(53-27-14-8-15-28-53)43-20-19-42-70(71,76)5)31-22-32-60(67)73(66)61-45-52(50-25-12-7-13-26-50)35-39-63(61)74(64)56-37-33-51(34-38-56)49-23-10-6-11-24-49/h6-17,22-40,45-48H,18-21,41-44H2,1-5H3. The number of hydrogen-bond acceptors (Lipinski definition) is 3. The zero-order chi connectivity index (χ0) is 51.2. The topological polar surface area (TPSA) is 9.72 Å². The van der Waals surface area contributed by atoms with Gasteiger partial charge in [-0.2, -0.15) is 0 Å². The van der Waals surface area contributed by atoms with Crippen LogP contribution in [0, 0.1) is 0 Å². The van der Waals surface area contributed by atoms with Crippen LogP contribution in [0.4, 0.5) is 39.8 Å². The Morgan fingerprint density at radius 3 is 1.55 bits per heavy atom. The lowest BCUT2D eigenvalue weighted by Gasteiger charge is -2.55. The van der Waals surface area contributed by atoms with Crippen LogP contribution in [0.25, 0.3) is 22.3 Å². The predicted molar refractivity (Wildman–Crippen MR) is 321 cm³/mol. The summed E-state index contributed by atoms with van der Waals surface area (Å²) in [5, 5.41) is 0. The van der Waals surface area contributed by atoms with Gasteiger partial charge in [0.15, 0.2) is 0 Å². The summed E-state index contributed by atoms with van der Waals surface area (Å²) in [5.74, 6) is 0. The Morgan fingerprint density at radius 1 is 0.395 bits per heavy atom. The van der Waals surface area contributed by atoms with Crippen molar-refractivity contribution in [2.45, 2.75) is 113 Å². The van der Waals surface area contributed by atoms with Crippen LogP contribution in [-0.4, -0.2) is 17.8 Å². The summed E-state index contributed by atoms with van der Waals surface area (Å²) in [5.41, 5.74) is 24.7. The van der Waals surface area contributed by atoms with Gasteiger partial charge >= 0.3 is 0 Å². The lowest BCUT2D eigenvalue weighted by atomic mass is 9.33. The quantitative estimate of drug-likeness (QED) is 0.154. The van der Waals surface area contributed by atoms with E-state index in [1.54, 1.807) is 0 Å². The second-order valence-corrected chi connectivity index (χ2v) is 24.6. The van der Waals surface area contributed by atoms with Gasteiger partial charge in [-0.15, -0.1) is 0 Å². The highest BCUT2D eigenvalue weighted by atomic mass is 15.3. The molecule has 0 amide bonds. The lowest BCUT2D eigenvalue weighted by molar-refractivity contribution is 0.214. The largest absolute Gasteiger partial charge is 0.335 e. The molecule has 15 rings (SSSR count). The molecule has 76 heavy (non-hydrogen) atoms. The number of rotatable bonds is 6. The maximum Gasteiger partial charge on any atom is 0.252 e. The molecule has 0 spiro atoms. The Balaban J connectivity index is 1.06. The Morgan fingerprint density at radius 2 is 0.921 bits per heavy atom. The van der Waals surface area contributed by atoms with E-state index in [1.165, 1.54) is 132 Å². The van der Waals surface area contributed by atoms with Crippen LogP contribution in [0.1, 0.15) is 114 Å². The van der Waals surface area contributed by atoms with E-state index in [-0.39, 0.29) is 34.0 Å². The number of fused-ring (bicyclic) bond motifs is 10. The summed E-state index contributed by atoms with van der Waals surface area (Å²) in [6.45, 7) is 12.4. The summed E-state index contributed by atoms with van der Waals surface area (Å²) in [7, 11) is 0. The molecule has 4 atom stereocenters. The third-order valence-electron chi connectivity index (χ3n) is 20.0. The first kappa shape index (κ1) is 45.8. The lowest BCUT2D eigenvalue weighted by Crippen LogP contribution is -2.65. The number of nitrogens with zero attached hydrogens (tertiary/aromatic N) is 3. The molecule has 6 aliphatic rings. The molecule has 3 nitrogen and oxygen atoms in total. The van der Waals surface area contributed by atoms with Gasteiger partial charge in [-0.1, -0.05) is 222 Å². The molecule has 0 N–H and O–H groups in total. The van der Waals surface area contributed by atoms with Crippen LogP contribution in [0.5, 0.6) is 0 Å². The van der Waals surface area contributed by atoms with Crippen LogP contribution in [0.15, 0.2) is 212 Å². The molecule has 4 unspecified atom stereocenters. The molecule has 4 heterocycles. The van der Waals surface area contributed by atoms with E-state index in [1.807, 2.05) is 0 Å². The zero-order valence-corrected chi connectivity index (χ0v) is 44.8. The van der Waals surface area contributed by atoms with Crippen molar-refractivity contribution >= 4 is 62.9 Å². The van der Waals surface area contributed by atoms with Gasteiger partial charge in [-0.05, 0) is 148 Å². The predicted octanol–water partition coefficient (Wildman–Crippen LogP) is 16.5. The minimum absolute atomic E-state index is 0.00225. The normalized spacial score (nSPS) is 23.5. The maximum atomic E-state index is 2.94. The molecule has 9 aromatic carbocycles. The van der Waals surface area contributed by atoms with Crippen LogP contribution in [0.2, 0.25) is 0 Å². The van der Waals surface area contributed by atoms with Crippen molar-refractivity contribution in [3.63, 3.8) is 0 Å². The fourth-order valence-electron chi connectivity index (χ4n) is 16.6. The van der Waals surface area contributed by atoms with Gasteiger partial charge in [-0.25, -0.2) is 0 Å². The Kier molecular flexibility index (Phi) is 9.93. The molecule has 4 aliphatic heterocycles. The van der Waals surface area contributed by atoms with Gasteiger partial charge in [0, 0.05) is 50.6 Å². The average Bonchev–Trinajstić information content (AvgIpc) is 3.93. The molecule has 2 aliphatic carbocycles. The first-order valence-corrected chi connectivity index (χ1v) is 28.4. The Hall–Kier alpha value is -7.56. The molecular formula is C72H66BN3. The van der Waals surface area contributed by atoms with Crippen LogP contribution in [0.3, 0.4) is 0 Å². The van der Waals surface area contributed by atoms with Crippen molar-refractivity contribution in [1.29, 1.82) is 0 Å². The summed E-state index contributed by atoms with van der Waals surface area (Å²) in [4.78, 5) is 8.48. The third-order valence-corrected chi connectivity index (χ3v) is 20.0. The van der Waals surface area contributed by atoms with Crippen molar-refractivity contribution in [3.8, 4) is 22.3 Å². The first-order chi connectivity index (χ1) is 37.0. The molecule has 0 bridgehead atoms. The molecule has 9 aromatic rings. The van der Waals surface area contributed by atoms with Crippen LogP contribution in [-0.2, 0) is 16.2 Å². The van der Waals surface area contributed by atoms with E-state index in [2.05, 4.69) is 262 Å². The fourth-order valence-corrected chi connectivity index (χ4v) is 16.6. The Labute approximate surface area is 451 Å². The number of anilines is 7. The van der Waals surface area contributed by atoms with Crippen molar-refractivity contribution in [2.75, 3.05) is 14.7 Å². The third kappa shape index (κ3) is 6.07. The molecule has 0 radical (unpaired) electrons. The van der Waals surface area contributed by atoms with E-state index < -0.39 is 0 Å². The second-order valence-electron chi connectivity index (χ2n) is 24.6. The van der Waals surface area contributed by atoms with Crippen molar-refractivity contribution in [2.24, 2.45) is 0 Å². The molecule has 2 fully saturated rings. The van der Waals surface area contributed by atoms with E-state index in [0.29, 0.717) is 0 Å². The van der Waals surface area contributed by atoms with Crippen LogP contribution >= 0.6 is 0 Å². The molecule has 0 saturated heterocycles. The fraction of sp³-hybridized carbons (Fsp3) is 0.250. The molecule has 2 saturated carbocycles. The highest BCUT2D eigenvalue weighted by molar-refractivity contribution is 7.00. The van der Waals surface area contributed by atoms with E-state index in [0.717, 1.165) is 25.7 Å². The summed E-state index contributed by atoms with van der Waals surface area (Å²) >= 11 is 0. The van der Waals surface area contributed by atoms with E-state index in [4.69, 9.17) is 0 Å². The van der Waals surface area contributed by atoms with Gasteiger partial charge < -0.3 is 14.7 Å². The summed E-state index contributed by atoms with van der Waals surface area (Å²) in [6.07, 6.45) is 9.24. The minimum atomic E-state index is -0.254. The van der Waals surface area contributed by atoms with Gasteiger partial charge in [0.2, 0.25) is 0 Å². The molecule has 4 heteroatoms.